The van der Waals surface area contributed by atoms with Crippen molar-refractivity contribution in [1.82, 2.24) is 9.97 Å². The lowest BCUT2D eigenvalue weighted by molar-refractivity contribution is -0.767. The molecule has 2 unspecified atom stereocenters. The minimum Gasteiger partial charge on any atom is -0.496 e. The number of methoxy groups -OCH3 is 1. The van der Waals surface area contributed by atoms with Gasteiger partial charge in [0.15, 0.2) is 0 Å². The minimum absolute atomic E-state index is 0.0519. The van der Waals surface area contributed by atoms with Crippen LogP contribution in [-0.2, 0) is 0 Å². The van der Waals surface area contributed by atoms with Crippen LogP contribution in [0.4, 0.5) is 11.5 Å². The zero-order valence-corrected chi connectivity index (χ0v) is 15.2. The predicted octanol–water partition coefficient (Wildman–Crippen LogP) is 2.10. The lowest BCUT2D eigenvalue weighted by Crippen LogP contribution is -2.98. The van der Waals surface area contributed by atoms with Crippen LogP contribution >= 0.6 is 0 Å². The van der Waals surface area contributed by atoms with Crippen molar-refractivity contribution in [2.24, 2.45) is 5.92 Å². The molecule has 4 N–H and O–H groups in total. The first-order chi connectivity index (χ1) is 12.6. The summed E-state index contributed by atoms with van der Waals surface area (Å²) < 4.78 is 5.41. The second-order valence-electron chi connectivity index (χ2n) is 7.19. The molecule has 7 heteroatoms. The summed E-state index contributed by atoms with van der Waals surface area (Å²) in [6.45, 7) is 0. The Hall–Kier alpha value is -2.38. The van der Waals surface area contributed by atoms with Crippen molar-refractivity contribution < 1.29 is 9.75 Å². The third-order valence-electron chi connectivity index (χ3n) is 5.50. The number of anilines is 1. The van der Waals surface area contributed by atoms with Gasteiger partial charge in [0.2, 0.25) is 5.82 Å². The molecule has 0 amide bonds. The maximum atomic E-state index is 12.9. The first-order valence-electron chi connectivity index (χ1n) is 9.21. The molecule has 0 bridgehead atoms. The second kappa shape index (κ2) is 6.74. The molecule has 0 radical (unpaired) electrons. The van der Waals surface area contributed by atoms with Gasteiger partial charge in [-0.2, -0.15) is 4.98 Å². The minimum atomic E-state index is -0.0972. The molecule has 4 rings (SSSR count). The van der Waals surface area contributed by atoms with E-state index in [9.17, 15) is 4.79 Å². The standard InChI is InChI=1S/C19H25N5O2/c1-24-18-15(16(23-24)11-6-4-3-5-7-11)19(25)22-17(21-18)13-9-8-12(20)10-14(13)26-2/h8-11,16,24H,3-7,20H2,1-2H3,(H,21,22,25). The summed E-state index contributed by atoms with van der Waals surface area (Å²) in [6.07, 6.45) is 5.99. The lowest BCUT2D eigenvalue weighted by Gasteiger charge is -2.33. The monoisotopic (exact) mass is 355 g/mol. The maximum absolute atomic E-state index is 12.9. The van der Waals surface area contributed by atoms with Crippen LogP contribution in [0.1, 0.15) is 43.7 Å². The van der Waals surface area contributed by atoms with Crippen molar-refractivity contribution in [1.29, 1.82) is 0 Å². The average molecular weight is 355 g/mol. The molecule has 0 saturated heterocycles. The Balaban J connectivity index is 1.77. The third kappa shape index (κ3) is 2.87. The summed E-state index contributed by atoms with van der Waals surface area (Å²) in [6, 6.07) is 5.27. The molecule has 0 spiro atoms. The van der Waals surface area contributed by atoms with E-state index < -0.39 is 0 Å². The van der Waals surface area contributed by atoms with Gasteiger partial charge in [-0.1, -0.05) is 38.1 Å². The van der Waals surface area contributed by atoms with Gasteiger partial charge in [-0.25, -0.2) is 0 Å². The molecule has 7 nitrogen and oxygen atoms in total. The highest BCUT2D eigenvalue weighted by Crippen LogP contribution is 2.41. The van der Waals surface area contributed by atoms with E-state index in [0.29, 0.717) is 23.2 Å². The number of fused-ring (bicyclic) bond motifs is 1. The topological polar surface area (TPSA) is 99.5 Å². The number of quaternary nitrogens is 1. The van der Waals surface area contributed by atoms with Gasteiger partial charge < -0.3 is 25.9 Å². The van der Waals surface area contributed by atoms with Crippen molar-refractivity contribution in [2.75, 3.05) is 19.9 Å². The van der Waals surface area contributed by atoms with E-state index in [1.165, 1.54) is 19.3 Å². The van der Waals surface area contributed by atoms with Crippen LogP contribution in [0, 0.1) is 5.92 Å². The first-order valence-corrected chi connectivity index (χ1v) is 9.21. The molecule has 26 heavy (non-hydrogen) atoms. The number of hydrogen-bond donors (Lipinski definition) is 3. The Morgan fingerprint density at radius 1 is 1.31 bits per heavy atom. The number of rotatable bonds is 3. The summed E-state index contributed by atoms with van der Waals surface area (Å²) >= 11 is 0. The highest BCUT2D eigenvalue weighted by atomic mass is 16.5. The molecule has 1 aromatic heterocycles. The fourth-order valence-corrected chi connectivity index (χ4v) is 4.19. The zero-order chi connectivity index (χ0) is 18.3. The number of nitrogen functional groups attached to an aromatic ring is 1. The number of nitrogens with one attached hydrogen (secondary N) is 2. The highest BCUT2D eigenvalue weighted by Gasteiger charge is 2.33. The van der Waals surface area contributed by atoms with Crippen molar-refractivity contribution in [3.63, 3.8) is 0 Å². The number of ether oxygens (including phenoxy) is 1. The summed E-state index contributed by atoms with van der Waals surface area (Å²) in [5.74, 6) is 2.24. The molecule has 138 valence electrons. The van der Waals surface area contributed by atoms with Crippen molar-refractivity contribution in [2.45, 2.75) is 38.1 Å². The van der Waals surface area contributed by atoms with E-state index in [1.807, 2.05) is 13.1 Å². The molecule has 1 saturated carbocycles. The molecule has 1 aromatic carbocycles. The van der Waals surface area contributed by atoms with Crippen LogP contribution in [0.15, 0.2) is 23.0 Å². The van der Waals surface area contributed by atoms with Crippen LogP contribution in [-0.4, -0.2) is 24.1 Å². The molecular formula is C19H25N5O2. The number of nitrogens with two attached hydrogens (primary N) is 1. The molecule has 2 heterocycles. The Kier molecular flexibility index (Phi) is 4.42. The van der Waals surface area contributed by atoms with Gasteiger partial charge in [-0.05, 0) is 18.1 Å². The Morgan fingerprint density at radius 2 is 2.08 bits per heavy atom. The van der Waals surface area contributed by atoms with E-state index in [2.05, 4.69) is 4.98 Å². The lowest BCUT2D eigenvalue weighted by atomic mass is 9.82. The quantitative estimate of drug-likeness (QED) is 0.734. The summed E-state index contributed by atoms with van der Waals surface area (Å²) in [4.78, 5) is 20.6. The molecular weight excluding hydrogens is 330 g/mol. The fraction of sp³-hybridized carbons (Fsp3) is 0.474. The van der Waals surface area contributed by atoms with E-state index in [-0.39, 0.29) is 11.6 Å². The molecule has 2 aliphatic rings. The van der Waals surface area contributed by atoms with Crippen LogP contribution < -0.4 is 21.0 Å². The molecule has 1 aliphatic heterocycles. The average Bonchev–Trinajstić information content (AvgIpc) is 2.99. The molecule has 2 atom stereocenters. The maximum Gasteiger partial charge on any atom is 0.259 e. The Bertz CT molecular complexity index is 873. The molecule has 2 aromatic rings. The Morgan fingerprint density at radius 3 is 2.81 bits per heavy atom. The summed E-state index contributed by atoms with van der Waals surface area (Å²) in [7, 11) is 3.52. The molecule has 1 aliphatic carbocycles. The van der Waals surface area contributed by atoms with E-state index >= 15 is 0 Å². The van der Waals surface area contributed by atoms with Crippen LogP contribution in [0.3, 0.4) is 0 Å². The van der Waals surface area contributed by atoms with Crippen LogP contribution in [0.5, 0.6) is 5.75 Å². The van der Waals surface area contributed by atoms with E-state index in [0.717, 1.165) is 34.8 Å². The number of aromatic nitrogens is 2. The SMILES string of the molecule is COc1cc(N)ccc1-c1nc2c(c(=O)[nH]1)C(C1CCCCC1)[N-][NH+]2C. The van der Waals surface area contributed by atoms with E-state index in [1.54, 1.807) is 19.2 Å². The zero-order valence-electron chi connectivity index (χ0n) is 15.2. The highest BCUT2D eigenvalue weighted by molar-refractivity contribution is 5.68. The van der Waals surface area contributed by atoms with Crippen LogP contribution in [0.2, 0.25) is 0 Å². The second-order valence-corrected chi connectivity index (χ2v) is 7.19. The summed E-state index contributed by atoms with van der Waals surface area (Å²) in [5, 5.41) is 0.845. The van der Waals surface area contributed by atoms with Crippen molar-refractivity contribution >= 4 is 11.5 Å². The van der Waals surface area contributed by atoms with E-state index in [4.69, 9.17) is 20.9 Å². The van der Waals surface area contributed by atoms with Gasteiger partial charge in [0.1, 0.15) is 11.6 Å². The number of benzene rings is 1. The van der Waals surface area contributed by atoms with Crippen LogP contribution in [0.25, 0.3) is 16.8 Å². The number of nitrogens with zero attached hydrogens (tertiary/aromatic N) is 2. The van der Waals surface area contributed by atoms with Crippen molar-refractivity contribution in [3.05, 3.63) is 39.5 Å². The third-order valence-corrected chi connectivity index (χ3v) is 5.50. The van der Waals surface area contributed by atoms with Gasteiger partial charge in [-0.3, -0.25) is 4.79 Å². The summed E-state index contributed by atoms with van der Waals surface area (Å²) in [5.41, 5.74) is 12.6. The normalized spacial score (nSPS) is 23.0. The van der Waals surface area contributed by atoms with Crippen molar-refractivity contribution in [3.8, 4) is 17.1 Å². The fourth-order valence-electron chi connectivity index (χ4n) is 4.19. The first kappa shape index (κ1) is 17.1. The number of H-pyrrole nitrogens is 1. The largest absolute Gasteiger partial charge is 0.496 e. The predicted molar refractivity (Wildman–Crippen MR) is 100 cm³/mol. The van der Waals surface area contributed by atoms with Gasteiger partial charge >= 0.3 is 0 Å². The molecule has 1 fully saturated rings. The number of hydrogen-bond acceptors (Lipinski definition) is 4. The number of aromatic amines is 1. The van der Waals surface area contributed by atoms with Gasteiger partial charge in [0, 0.05) is 11.8 Å². The smallest absolute Gasteiger partial charge is 0.259 e. The van der Waals surface area contributed by atoms with Gasteiger partial charge in [-0.15, -0.1) is 0 Å². The van der Waals surface area contributed by atoms with Gasteiger partial charge in [0.25, 0.3) is 5.56 Å². The van der Waals surface area contributed by atoms with Gasteiger partial charge in [0.05, 0.1) is 25.3 Å². The Labute approximate surface area is 152 Å².